The highest BCUT2D eigenvalue weighted by Gasteiger charge is 2.51. The minimum atomic E-state index is -1.09. The van der Waals surface area contributed by atoms with Crippen LogP contribution in [0.15, 0.2) is 47.1 Å². The Morgan fingerprint density at radius 3 is 2.76 bits per heavy atom. The molecular weight excluding hydrogens is 382 g/mol. The quantitative estimate of drug-likeness (QED) is 0.768. The van der Waals surface area contributed by atoms with Crippen LogP contribution in [0.25, 0.3) is 0 Å². The molecule has 9 heteroatoms. The maximum atomic E-state index is 11.7. The lowest BCUT2D eigenvalue weighted by atomic mass is 9.96. The number of aliphatic hydroxyl groups excluding tert-OH is 1. The van der Waals surface area contributed by atoms with Crippen molar-refractivity contribution >= 4 is 5.91 Å². The summed E-state index contributed by atoms with van der Waals surface area (Å²) in [5, 5.41) is 13.7. The molecule has 156 valence electrons. The Balaban J connectivity index is 1.53. The predicted molar refractivity (Wildman–Crippen MR) is 98.2 cm³/mol. The fraction of sp³-hybridized carbons (Fsp3) is 0.450. The van der Waals surface area contributed by atoms with Gasteiger partial charge in [-0.05, 0) is 24.3 Å². The van der Waals surface area contributed by atoms with Crippen molar-refractivity contribution in [1.29, 1.82) is 0 Å². The summed E-state index contributed by atoms with van der Waals surface area (Å²) >= 11 is 0. The van der Waals surface area contributed by atoms with Crippen LogP contribution in [0.1, 0.15) is 19.0 Å². The summed E-state index contributed by atoms with van der Waals surface area (Å²) in [5.41, 5.74) is 0. The van der Waals surface area contributed by atoms with Gasteiger partial charge in [-0.2, -0.15) is 0 Å². The number of hydrogen-bond acceptors (Lipinski definition) is 8. The molecule has 6 unspecified atom stereocenters. The van der Waals surface area contributed by atoms with Gasteiger partial charge in [0.25, 0.3) is 0 Å². The molecule has 1 aromatic carbocycles. The van der Waals surface area contributed by atoms with E-state index < -0.39 is 36.9 Å². The van der Waals surface area contributed by atoms with E-state index in [2.05, 4.69) is 5.32 Å². The second kappa shape index (κ2) is 8.42. The van der Waals surface area contributed by atoms with Gasteiger partial charge in [0.15, 0.2) is 5.76 Å². The molecule has 0 bridgehead atoms. The number of benzene rings is 1. The Bertz CT molecular complexity index is 826. The highest BCUT2D eigenvalue weighted by atomic mass is 16.8. The van der Waals surface area contributed by atoms with E-state index >= 15 is 0 Å². The third-order valence-electron chi connectivity index (χ3n) is 4.80. The smallest absolute Gasteiger partial charge is 0.223 e. The number of carbonyl (C=O) groups is 1. The van der Waals surface area contributed by atoms with Crippen LogP contribution in [-0.2, 0) is 19.0 Å². The van der Waals surface area contributed by atoms with Crippen LogP contribution in [0.5, 0.6) is 11.5 Å². The van der Waals surface area contributed by atoms with Crippen LogP contribution in [-0.4, -0.2) is 55.4 Å². The molecule has 0 spiro atoms. The predicted octanol–water partition coefficient (Wildman–Crippen LogP) is 1.37. The lowest BCUT2D eigenvalue weighted by Gasteiger charge is -2.47. The number of furan rings is 1. The Kier molecular flexibility index (Phi) is 5.72. The zero-order chi connectivity index (χ0) is 20.4. The van der Waals surface area contributed by atoms with Gasteiger partial charge in [-0.1, -0.05) is 6.07 Å². The maximum absolute atomic E-state index is 11.7. The van der Waals surface area contributed by atoms with Crippen molar-refractivity contribution < 1.29 is 38.0 Å². The van der Waals surface area contributed by atoms with Gasteiger partial charge in [-0.3, -0.25) is 4.79 Å². The summed E-state index contributed by atoms with van der Waals surface area (Å²) in [6.07, 6.45) is -2.61. The van der Waals surface area contributed by atoms with E-state index in [0.717, 1.165) is 0 Å². The Labute approximate surface area is 167 Å². The Morgan fingerprint density at radius 2 is 2.03 bits per heavy atom. The monoisotopic (exact) mass is 405 g/mol. The summed E-state index contributed by atoms with van der Waals surface area (Å²) in [6, 6.07) is 9.56. The van der Waals surface area contributed by atoms with E-state index in [1.54, 1.807) is 43.5 Å². The van der Waals surface area contributed by atoms with E-state index in [-0.39, 0.29) is 12.5 Å². The van der Waals surface area contributed by atoms with Gasteiger partial charge >= 0.3 is 0 Å². The molecule has 29 heavy (non-hydrogen) atoms. The summed E-state index contributed by atoms with van der Waals surface area (Å²) in [7, 11) is 1.55. The van der Waals surface area contributed by atoms with E-state index in [1.807, 2.05) is 0 Å². The first-order chi connectivity index (χ1) is 14.0. The summed E-state index contributed by atoms with van der Waals surface area (Å²) < 4.78 is 34.0. The van der Waals surface area contributed by atoms with Crippen LogP contribution >= 0.6 is 0 Å². The first-order valence-corrected chi connectivity index (χ1v) is 9.27. The van der Waals surface area contributed by atoms with Crippen LogP contribution in [0.4, 0.5) is 0 Å². The lowest BCUT2D eigenvalue weighted by Crippen LogP contribution is -2.67. The first-order valence-electron chi connectivity index (χ1n) is 9.27. The molecule has 0 radical (unpaired) electrons. The van der Waals surface area contributed by atoms with E-state index in [4.69, 9.17) is 28.1 Å². The van der Waals surface area contributed by atoms with Crippen molar-refractivity contribution in [2.45, 2.75) is 43.9 Å². The molecule has 2 fully saturated rings. The highest BCUT2D eigenvalue weighted by Crippen LogP contribution is 2.35. The highest BCUT2D eigenvalue weighted by molar-refractivity contribution is 5.73. The summed E-state index contributed by atoms with van der Waals surface area (Å²) in [4.78, 5) is 11.7. The second-order valence-corrected chi connectivity index (χ2v) is 6.84. The van der Waals surface area contributed by atoms with Gasteiger partial charge in [0.2, 0.25) is 18.5 Å². The zero-order valence-electron chi connectivity index (χ0n) is 16.0. The Hall–Kier alpha value is -2.59. The topological polar surface area (TPSA) is 109 Å². The largest absolute Gasteiger partial charge is 0.497 e. The van der Waals surface area contributed by atoms with Crippen LogP contribution in [0.2, 0.25) is 0 Å². The van der Waals surface area contributed by atoms with E-state index in [1.165, 1.54) is 13.2 Å². The minimum absolute atomic E-state index is 0.165. The molecule has 9 nitrogen and oxygen atoms in total. The first kappa shape index (κ1) is 19.7. The third-order valence-corrected chi connectivity index (χ3v) is 4.80. The van der Waals surface area contributed by atoms with Gasteiger partial charge in [0.1, 0.15) is 35.9 Å². The van der Waals surface area contributed by atoms with E-state index in [0.29, 0.717) is 17.3 Å². The standard InChI is InChI=1S/C20H23NO8/c1-11(22)21-16-17(23)18-15(10-26-19(29-18)14-7-4-8-25-14)28-20(16)27-13-6-3-5-12(9-13)24-2/h3-9,15-20,23H,10H2,1-2H3,(H,21,22). The van der Waals surface area contributed by atoms with Crippen LogP contribution < -0.4 is 14.8 Å². The average Bonchev–Trinajstić information content (AvgIpc) is 3.25. The molecule has 2 aromatic rings. The fourth-order valence-electron chi connectivity index (χ4n) is 3.46. The third kappa shape index (κ3) is 4.23. The molecule has 2 aliphatic heterocycles. The zero-order valence-corrected chi connectivity index (χ0v) is 16.0. The second-order valence-electron chi connectivity index (χ2n) is 6.84. The number of hydrogen-bond donors (Lipinski definition) is 2. The van der Waals surface area contributed by atoms with Crippen molar-refractivity contribution in [3.8, 4) is 11.5 Å². The van der Waals surface area contributed by atoms with Crippen molar-refractivity contribution in [2.24, 2.45) is 0 Å². The number of carbonyl (C=O) groups excluding carboxylic acids is 1. The number of amides is 1. The molecule has 1 aromatic heterocycles. The van der Waals surface area contributed by atoms with Crippen molar-refractivity contribution in [1.82, 2.24) is 5.32 Å². The molecule has 2 saturated heterocycles. The number of aliphatic hydroxyl groups is 1. The number of methoxy groups -OCH3 is 1. The molecule has 0 aliphatic carbocycles. The molecule has 2 aliphatic rings. The van der Waals surface area contributed by atoms with E-state index in [9.17, 15) is 9.90 Å². The molecule has 3 heterocycles. The van der Waals surface area contributed by atoms with Crippen molar-refractivity contribution in [3.63, 3.8) is 0 Å². The van der Waals surface area contributed by atoms with Gasteiger partial charge in [0.05, 0.1) is 20.0 Å². The maximum Gasteiger partial charge on any atom is 0.223 e. The van der Waals surface area contributed by atoms with Crippen molar-refractivity contribution in [2.75, 3.05) is 13.7 Å². The van der Waals surface area contributed by atoms with Gasteiger partial charge < -0.3 is 38.5 Å². The number of ether oxygens (including phenoxy) is 5. The molecule has 6 atom stereocenters. The molecule has 4 rings (SSSR count). The van der Waals surface area contributed by atoms with Gasteiger partial charge in [-0.15, -0.1) is 0 Å². The molecule has 1 amide bonds. The SMILES string of the molecule is COc1cccc(OC2OC3COC(c4ccco4)OC3C(O)C2NC(C)=O)c1. The van der Waals surface area contributed by atoms with Crippen LogP contribution in [0.3, 0.4) is 0 Å². The van der Waals surface area contributed by atoms with Gasteiger partial charge in [-0.25, -0.2) is 0 Å². The average molecular weight is 405 g/mol. The van der Waals surface area contributed by atoms with Crippen LogP contribution in [0, 0.1) is 0 Å². The Morgan fingerprint density at radius 1 is 1.21 bits per heavy atom. The number of fused-ring (bicyclic) bond motifs is 1. The molecule has 2 N–H and O–H groups in total. The number of nitrogens with one attached hydrogen (secondary N) is 1. The van der Waals surface area contributed by atoms with Crippen molar-refractivity contribution in [3.05, 3.63) is 48.4 Å². The number of rotatable bonds is 5. The summed E-state index contributed by atoms with van der Waals surface area (Å²) in [6.45, 7) is 1.52. The fourth-order valence-corrected chi connectivity index (χ4v) is 3.46. The van der Waals surface area contributed by atoms with Gasteiger partial charge in [0, 0.05) is 13.0 Å². The summed E-state index contributed by atoms with van der Waals surface area (Å²) in [5.74, 6) is 1.24. The molecular formula is C20H23NO8. The minimum Gasteiger partial charge on any atom is -0.497 e. The lowest BCUT2D eigenvalue weighted by molar-refractivity contribution is -0.336. The molecule has 0 saturated carbocycles. The normalized spacial score (nSPS) is 31.6.